The third-order valence-corrected chi connectivity index (χ3v) is 3.02. The summed E-state index contributed by atoms with van der Waals surface area (Å²) in [5.74, 6) is 0. The Morgan fingerprint density at radius 3 is 2.68 bits per heavy atom. The molecule has 0 radical (unpaired) electrons. The molecule has 2 aromatic heterocycles. The van der Waals surface area contributed by atoms with Crippen molar-refractivity contribution in [3.63, 3.8) is 0 Å². The van der Waals surface area contributed by atoms with Crippen LogP contribution in [0.3, 0.4) is 0 Å². The first kappa shape index (κ1) is 12.9. The van der Waals surface area contributed by atoms with Gasteiger partial charge in [0.1, 0.15) is 5.01 Å². The van der Waals surface area contributed by atoms with Gasteiger partial charge in [-0.3, -0.25) is 19.5 Å². The maximum Gasteiger partial charge on any atom is 0.350 e. The first-order valence-electron chi connectivity index (χ1n) is 4.93. The average Bonchev–Trinajstić information content (AvgIpc) is 2.74. The molecule has 0 aliphatic carbocycles. The van der Waals surface area contributed by atoms with Crippen molar-refractivity contribution in [1.82, 2.24) is 19.3 Å². The Labute approximate surface area is 108 Å². The van der Waals surface area contributed by atoms with Crippen molar-refractivity contribution < 1.29 is 4.92 Å². The summed E-state index contributed by atoms with van der Waals surface area (Å²) in [7, 11) is 1.32. The average molecular weight is 284 g/mol. The smallest absolute Gasteiger partial charge is 0.350 e. The van der Waals surface area contributed by atoms with Crippen LogP contribution in [0.5, 0.6) is 0 Å². The highest BCUT2D eigenvalue weighted by molar-refractivity contribution is 7.15. The lowest BCUT2D eigenvalue weighted by Crippen LogP contribution is -2.39. The Hall–Kier alpha value is -2.56. The van der Waals surface area contributed by atoms with Crippen molar-refractivity contribution in [2.45, 2.75) is 6.54 Å². The Morgan fingerprint density at radius 1 is 1.47 bits per heavy atom. The van der Waals surface area contributed by atoms with Crippen LogP contribution in [0, 0.1) is 10.1 Å². The quantitative estimate of drug-likeness (QED) is 0.559. The molecule has 0 aliphatic rings. The lowest BCUT2D eigenvalue weighted by molar-refractivity contribution is -0.387. The molecule has 0 unspecified atom stereocenters. The first-order chi connectivity index (χ1) is 8.90. The molecular weight excluding hydrogens is 276 g/mol. The molecule has 19 heavy (non-hydrogen) atoms. The number of nitro groups is 1. The number of nitrogen functional groups attached to an aromatic ring is 1. The van der Waals surface area contributed by atoms with Gasteiger partial charge >= 0.3 is 16.9 Å². The van der Waals surface area contributed by atoms with Gasteiger partial charge in [-0.1, -0.05) is 11.3 Å². The van der Waals surface area contributed by atoms with E-state index in [1.54, 1.807) is 0 Å². The fourth-order valence-electron chi connectivity index (χ4n) is 1.44. The Balaban J connectivity index is 2.59. The molecule has 10 nitrogen and oxygen atoms in total. The van der Waals surface area contributed by atoms with E-state index in [4.69, 9.17) is 5.73 Å². The molecule has 11 heteroatoms. The van der Waals surface area contributed by atoms with Gasteiger partial charge in [-0.15, -0.1) is 10.2 Å². The van der Waals surface area contributed by atoms with Crippen LogP contribution in [0.2, 0.25) is 0 Å². The minimum Gasteiger partial charge on any atom is -0.374 e. The lowest BCUT2D eigenvalue weighted by atomic mass is 10.5. The molecule has 0 aromatic carbocycles. The van der Waals surface area contributed by atoms with Crippen LogP contribution in [0.15, 0.2) is 15.8 Å². The zero-order valence-corrected chi connectivity index (χ0v) is 10.5. The maximum atomic E-state index is 11.8. The largest absolute Gasteiger partial charge is 0.374 e. The molecule has 0 atom stereocenters. The van der Waals surface area contributed by atoms with E-state index in [0.29, 0.717) is 5.01 Å². The normalized spacial score (nSPS) is 10.6. The van der Waals surface area contributed by atoms with E-state index in [-0.39, 0.29) is 11.7 Å². The number of nitrogens with two attached hydrogens (primary N) is 1. The highest BCUT2D eigenvalue weighted by Crippen LogP contribution is 2.11. The number of hydrogen-bond acceptors (Lipinski definition) is 8. The van der Waals surface area contributed by atoms with E-state index in [1.807, 2.05) is 0 Å². The van der Waals surface area contributed by atoms with E-state index in [1.165, 1.54) is 7.05 Å². The minimum atomic E-state index is -0.984. The van der Waals surface area contributed by atoms with Crippen LogP contribution >= 0.6 is 11.3 Å². The van der Waals surface area contributed by atoms with Gasteiger partial charge in [0.05, 0.1) is 17.7 Å². The van der Waals surface area contributed by atoms with Crippen LogP contribution in [-0.2, 0) is 13.6 Å². The first-order valence-corrected chi connectivity index (χ1v) is 5.74. The standard InChI is InChI=1S/C8H8N6O4S/c1-12-2-4(14(17)18)6(15)13(8(12)16)3-5-10-11-7(9)19-5/h2H,3H2,1H3,(H2,9,11). The lowest BCUT2D eigenvalue weighted by Gasteiger charge is -2.04. The van der Waals surface area contributed by atoms with Crippen LogP contribution in [0.4, 0.5) is 10.8 Å². The molecular formula is C8H8N6O4S. The van der Waals surface area contributed by atoms with Gasteiger partial charge in [0.25, 0.3) is 0 Å². The SMILES string of the molecule is Cn1cc([N+](=O)[O-])c(=O)n(Cc2nnc(N)s2)c1=O. The monoisotopic (exact) mass is 284 g/mol. The topological polar surface area (TPSA) is 139 Å². The fraction of sp³-hybridized carbons (Fsp3) is 0.250. The molecule has 0 saturated carbocycles. The molecule has 2 aromatic rings. The second kappa shape index (κ2) is 4.61. The van der Waals surface area contributed by atoms with Crippen molar-refractivity contribution in [2.24, 2.45) is 7.05 Å². The van der Waals surface area contributed by atoms with Gasteiger partial charge in [0.2, 0.25) is 5.13 Å². The summed E-state index contributed by atoms with van der Waals surface area (Å²) in [6, 6.07) is 0. The molecule has 0 aliphatic heterocycles. The molecule has 2 N–H and O–H groups in total. The van der Waals surface area contributed by atoms with E-state index in [0.717, 1.165) is 26.7 Å². The molecule has 0 bridgehead atoms. The summed E-state index contributed by atoms with van der Waals surface area (Å²) < 4.78 is 1.68. The molecule has 0 spiro atoms. The molecule has 0 fully saturated rings. The van der Waals surface area contributed by atoms with Crippen molar-refractivity contribution in [2.75, 3.05) is 5.73 Å². The zero-order valence-electron chi connectivity index (χ0n) is 9.64. The molecule has 2 heterocycles. The third-order valence-electron chi connectivity index (χ3n) is 2.29. The van der Waals surface area contributed by atoms with Gasteiger partial charge in [-0.25, -0.2) is 9.36 Å². The highest BCUT2D eigenvalue weighted by atomic mass is 32.1. The van der Waals surface area contributed by atoms with Gasteiger partial charge in [0, 0.05) is 7.05 Å². The van der Waals surface area contributed by atoms with Crippen LogP contribution in [0.25, 0.3) is 0 Å². The maximum absolute atomic E-state index is 11.8. The predicted molar refractivity (Wildman–Crippen MR) is 66.0 cm³/mol. The van der Waals surface area contributed by atoms with Gasteiger partial charge in [0.15, 0.2) is 0 Å². The van der Waals surface area contributed by atoms with Gasteiger partial charge in [-0.05, 0) is 0 Å². The van der Waals surface area contributed by atoms with E-state index in [9.17, 15) is 19.7 Å². The van der Waals surface area contributed by atoms with Gasteiger partial charge in [-0.2, -0.15) is 0 Å². The van der Waals surface area contributed by atoms with Crippen molar-refractivity contribution in [3.05, 3.63) is 42.2 Å². The Bertz CT molecular complexity index is 759. The van der Waals surface area contributed by atoms with E-state index in [2.05, 4.69) is 10.2 Å². The number of aromatic nitrogens is 4. The number of nitrogens with zero attached hydrogens (tertiary/aromatic N) is 5. The Morgan fingerprint density at radius 2 is 2.16 bits per heavy atom. The molecule has 0 amide bonds. The molecule has 0 saturated heterocycles. The second-order valence-corrected chi connectivity index (χ2v) is 4.68. The second-order valence-electron chi connectivity index (χ2n) is 3.59. The molecule has 2 rings (SSSR count). The number of aryl methyl sites for hydroxylation is 1. The number of hydrogen-bond donors (Lipinski definition) is 1. The van der Waals surface area contributed by atoms with Crippen molar-refractivity contribution in [3.8, 4) is 0 Å². The Kier molecular flexibility index (Phi) is 3.12. The highest BCUT2D eigenvalue weighted by Gasteiger charge is 2.19. The zero-order chi connectivity index (χ0) is 14.2. The van der Waals surface area contributed by atoms with Crippen LogP contribution < -0.4 is 17.0 Å². The summed E-state index contributed by atoms with van der Waals surface area (Å²) >= 11 is 0.998. The summed E-state index contributed by atoms with van der Waals surface area (Å²) in [6.07, 6.45) is 0.885. The summed E-state index contributed by atoms with van der Waals surface area (Å²) in [5, 5.41) is 18.4. The predicted octanol–water partition coefficient (Wildman–Crippen LogP) is -1.06. The van der Waals surface area contributed by atoms with Crippen molar-refractivity contribution >= 4 is 22.2 Å². The fourth-order valence-corrected chi connectivity index (χ4v) is 2.04. The van der Waals surface area contributed by atoms with Gasteiger partial charge < -0.3 is 5.73 Å². The third kappa shape index (κ3) is 2.35. The number of anilines is 1. The number of rotatable bonds is 3. The van der Waals surface area contributed by atoms with Crippen molar-refractivity contribution in [1.29, 1.82) is 0 Å². The summed E-state index contributed by atoms with van der Waals surface area (Å²) in [6.45, 7) is -0.206. The summed E-state index contributed by atoms with van der Waals surface area (Å²) in [5.41, 5.74) is 3.04. The molecule has 100 valence electrons. The minimum absolute atomic E-state index is 0.185. The summed E-state index contributed by atoms with van der Waals surface area (Å²) in [4.78, 5) is 33.5. The van der Waals surface area contributed by atoms with E-state index >= 15 is 0 Å². The van der Waals surface area contributed by atoms with Crippen LogP contribution in [0.1, 0.15) is 5.01 Å². The van der Waals surface area contributed by atoms with E-state index < -0.39 is 21.9 Å². The van der Waals surface area contributed by atoms with Crippen LogP contribution in [-0.4, -0.2) is 24.3 Å².